The Bertz CT molecular complexity index is 1020. The maximum Gasteiger partial charge on any atom is 0.273 e. The molecule has 1 fully saturated rings. The molecule has 0 radical (unpaired) electrons. The third-order valence-corrected chi connectivity index (χ3v) is 5.06. The average Bonchev–Trinajstić information content (AvgIpc) is 3.15. The van der Waals surface area contributed by atoms with Gasteiger partial charge in [0.15, 0.2) is 0 Å². The number of aromatic nitrogens is 4. The van der Waals surface area contributed by atoms with Crippen LogP contribution in [0, 0.1) is 13.8 Å². The van der Waals surface area contributed by atoms with Gasteiger partial charge in [-0.3, -0.25) is 9.78 Å². The van der Waals surface area contributed by atoms with Crippen molar-refractivity contribution in [2.24, 2.45) is 0 Å². The van der Waals surface area contributed by atoms with Crippen LogP contribution in [0.2, 0.25) is 0 Å². The van der Waals surface area contributed by atoms with Crippen molar-refractivity contribution in [1.29, 1.82) is 0 Å². The molecule has 3 aromatic heterocycles. The Morgan fingerprint density at radius 1 is 1.21 bits per heavy atom. The number of pyridine rings is 2. The summed E-state index contributed by atoms with van der Waals surface area (Å²) in [6.45, 7) is 6.22. The molecule has 0 N–H and O–H groups in total. The van der Waals surface area contributed by atoms with Gasteiger partial charge in [-0.25, -0.2) is 4.98 Å². The van der Waals surface area contributed by atoms with Gasteiger partial charge in [0.1, 0.15) is 11.8 Å². The minimum absolute atomic E-state index is 0.0784. The third kappa shape index (κ3) is 4.11. The number of rotatable bonds is 4. The molecule has 1 aliphatic heterocycles. The van der Waals surface area contributed by atoms with Crippen molar-refractivity contribution in [1.82, 2.24) is 25.0 Å². The molecule has 1 saturated heterocycles. The van der Waals surface area contributed by atoms with E-state index in [2.05, 4.69) is 20.1 Å². The van der Waals surface area contributed by atoms with Crippen molar-refractivity contribution in [3.05, 3.63) is 53.8 Å². The average molecular weight is 393 g/mol. The fourth-order valence-corrected chi connectivity index (χ4v) is 3.50. The van der Waals surface area contributed by atoms with Gasteiger partial charge in [-0.15, -0.1) is 0 Å². The Morgan fingerprint density at radius 3 is 2.83 bits per heavy atom. The van der Waals surface area contributed by atoms with Crippen LogP contribution >= 0.6 is 0 Å². The van der Waals surface area contributed by atoms with Gasteiger partial charge < -0.3 is 14.2 Å². The highest BCUT2D eigenvalue weighted by Gasteiger charge is 2.33. The van der Waals surface area contributed by atoms with Crippen LogP contribution < -0.4 is 4.74 Å². The second kappa shape index (κ2) is 7.98. The monoisotopic (exact) mass is 393 g/mol. The van der Waals surface area contributed by atoms with Crippen LogP contribution in [0.5, 0.6) is 5.88 Å². The topological polar surface area (TPSA) is 94.2 Å². The highest BCUT2D eigenvalue weighted by Crippen LogP contribution is 2.26. The molecule has 8 nitrogen and oxygen atoms in total. The second-order valence-corrected chi connectivity index (χ2v) is 7.33. The van der Waals surface area contributed by atoms with Gasteiger partial charge in [-0.2, -0.15) is 4.98 Å². The molecule has 2 atom stereocenters. The molecule has 0 spiro atoms. The molecule has 4 heterocycles. The minimum Gasteiger partial charge on any atom is -0.472 e. The second-order valence-electron chi connectivity index (χ2n) is 7.33. The van der Waals surface area contributed by atoms with Gasteiger partial charge in [-0.1, -0.05) is 5.16 Å². The van der Waals surface area contributed by atoms with Crippen LogP contribution in [-0.2, 0) is 0 Å². The van der Waals surface area contributed by atoms with Crippen molar-refractivity contribution in [3.63, 3.8) is 0 Å². The number of hydrogen-bond donors (Lipinski definition) is 0. The van der Waals surface area contributed by atoms with Crippen LogP contribution in [0.3, 0.4) is 0 Å². The lowest BCUT2D eigenvalue weighted by atomic mass is 10.00. The molecule has 0 aliphatic carbocycles. The van der Waals surface area contributed by atoms with Crippen molar-refractivity contribution >= 4 is 5.91 Å². The number of hydrogen-bond acceptors (Lipinski definition) is 7. The van der Waals surface area contributed by atoms with Crippen molar-refractivity contribution in [2.75, 3.05) is 6.54 Å². The lowest BCUT2D eigenvalue weighted by Gasteiger charge is -2.37. The molecular weight excluding hydrogens is 370 g/mol. The fraction of sp³-hybridized carbons (Fsp3) is 0.381. The zero-order chi connectivity index (χ0) is 20.4. The number of likely N-dealkylation sites (tertiary alicyclic amines) is 1. The number of amides is 1. The Hall–Kier alpha value is -3.29. The van der Waals surface area contributed by atoms with Crippen molar-refractivity contribution in [2.45, 2.75) is 45.8 Å². The summed E-state index contributed by atoms with van der Waals surface area (Å²) >= 11 is 0. The summed E-state index contributed by atoms with van der Waals surface area (Å²) in [5.41, 5.74) is 1.96. The van der Waals surface area contributed by atoms with E-state index in [0.717, 1.165) is 18.4 Å². The zero-order valence-electron chi connectivity index (χ0n) is 16.7. The van der Waals surface area contributed by atoms with E-state index in [1.807, 2.05) is 30.9 Å². The Labute approximate surface area is 168 Å². The molecule has 1 aliphatic rings. The van der Waals surface area contributed by atoms with E-state index in [0.29, 0.717) is 35.4 Å². The van der Waals surface area contributed by atoms with E-state index in [-0.39, 0.29) is 18.1 Å². The number of ether oxygens (including phenoxy) is 1. The lowest BCUT2D eigenvalue weighted by Crippen LogP contribution is -2.49. The lowest BCUT2D eigenvalue weighted by molar-refractivity contribution is 0.0368. The van der Waals surface area contributed by atoms with Crippen LogP contribution in [0.1, 0.15) is 41.7 Å². The number of nitrogens with zero attached hydrogens (tertiary/aromatic N) is 5. The number of carbonyl (C=O) groups is 1. The largest absolute Gasteiger partial charge is 0.472 e. The van der Waals surface area contributed by atoms with Crippen LogP contribution in [0.15, 0.2) is 41.2 Å². The molecule has 4 rings (SSSR count). The normalized spacial score (nSPS) is 19.2. The summed E-state index contributed by atoms with van der Waals surface area (Å²) in [7, 11) is 0. The fourth-order valence-electron chi connectivity index (χ4n) is 3.50. The van der Waals surface area contributed by atoms with E-state index in [1.165, 1.54) is 0 Å². The summed E-state index contributed by atoms with van der Waals surface area (Å²) in [6, 6.07) is 7.44. The van der Waals surface area contributed by atoms with E-state index in [4.69, 9.17) is 9.26 Å². The quantitative estimate of drug-likeness (QED) is 0.672. The Balaban J connectivity index is 1.56. The molecule has 3 aromatic rings. The summed E-state index contributed by atoms with van der Waals surface area (Å²) in [6.07, 6.45) is 4.91. The van der Waals surface area contributed by atoms with Crippen LogP contribution in [0.4, 0.5) is 0 Å². The van der Waals surface area contributed by atoms with Gasteiger partial charge >= 0.3 is 0 Å². The Morgan fingerprint density at radius 2 is 2.07 bits per heavy atom. The first-order valence-electron chi connectivity index (χ1n) is 9.67. The maximum atomic E-state index is 13.4. The molecule has 0 saturated carbocycles. The molecular formula is C21H23N5O3. The van der Waals surface area contributed by atoms with Gasteiger partial charge in [0.2, 0.25) is 17.6 Å². The molecule has 1 amide bonds. The van der Waals surface area contributed by atoms with Gasteiger partial charge in [-0.05, 0) is 50.5 Å². The van der Waals surface area contributed by atoms with Gasteiger partial charge in [0, 0.05) is 31.4 Å². The number of piperidine rings is 1. The van der Waals surface area contributed by atoms with Gasteiger partial charge in [0.05, 0.1) is 12.1 Å². The first-order chi connectivity index (χ1) is 14.0. The summed E-state index contributed by atoms with van der Waals surface area (Å²) in [5, 5.41) is 3.94. The minimum atomic E-state index is -0.166. The van der Waals surface area contributed by atoms with E-state index >= 15 is 0 Å². The first-order valence-corrected chi connectivity index (χ1v) is 9.67. The summed E-state index contributed by atoms with van der Waals surface area (Å²) in [5.74, 6) is 1.21. The summed E-state index contributed by atoms with van der Waals surface area (Å²) in [4.78, 5) is 28.0. The highest BCUT2D eigenvalue weighted by molar-refractivity contribution is 5.98. The van der Waals surface area contributed by atoms with Crippen LogP contribution in [-0.4, -0.2) is 49.6 Å². The molecule has 150 valence electrons. The molecule has 29 heavy (non-hydrogen) atoms. The first kappa shape index (κ1) is 19.0. The van der Waals surface area contributed by atoms with E-state index in [9.17, 15) is 4.79 Å². The molecule has 8 heteroatoms. The van der Waals surface area contributed by atoms with E-state index < -0.39 is 0 Å². The Kier molecular flexibility index (Phi) is 5.24. The smallest absolute Gasteiger partial charge is 0.273 e. The molecule has 0 aromatic carbocycles. The van der Waals surface area contributed by atoms with Crippen molar-refractivity contribution < 1.29 is 14.1 Å². The zero-order valence-corrected chi connectivity index (χ0v) is 16.7. The van der Waals surface area contributed by atoms with Crippen molar-refractivity contribution in [3.8, 4) is 17.3 Å². The molecule has 0 unspecified atom stereocenters. The standard InChI is InChI=1S/C21H23N5O3/c1-13-8-10-22-18(11-13)28-16-7-6-14(2)26(12-16)21(27)19-17(5-4-9-23-19)20-24-15(3)29-25-20/h4-5,8-11,14,16H,6-7,12H2,1-3H3/t14-,16-/m1/s1. The predicted octanol–water partition coefficient (Wildman–Crippen LogP) is 3.22. The highest BCUT2D eigenvalue weighted by atomic mass is 16.5. The van der Waals surface area contributed by atoms with E-state index in [1.54, 1.807) is 31.5 Å². The number of carbonyl (C=O) groups excluding carboxylic acids is 1. The number of aryl methyl sites for hydroxylation is 2. The predicted molar refractivity (Wildman–Crippen MR) is 105 cm³/mol. The van der Waals surface area contributed by atoms with Gasteiger partial charge in [0.25, 0.3) is 5.91 Å². The molecule has 0 bridgehead atoms. The maximum absolute atomic E-state index is 13.4. The van der Waals surface area contributed by atoms with Crippen LogP contribution in [0.25, 0.3) is 11.4 Å². The third-order valence-electron chi connectivity index (χ3n) is 5.06. The SMILES string of the molecule is Cc1ccnc(O[C@@H]2CC[C@@H](C)N(C(=O)c3ncccc3-c3noc(C)n3)C2)c1. The summed E-state index contributed by atoms with van der Waals surface area (Å²) < 4.78 is 11.1.